The first kappa shape index (κ1) is 14.8. The molecule has 0 aliphatic rings. The van der Waals surface area contributed by atoms with Gasteiger partial charge in [-0.25, -0.2) is 4.39 Å². The van der Waals surface area contributed by atoms with Gasteiger partial charge >= 0.3 is 0 Å². The standard InChI is InChI=1S/C17H17FN2O/c1-12(14-5-7-15(18)8-6-14)20-17(21)11-4-13-2-9-16(19)10-3-13/h2-12H,19H2,1H3,(H,20,21)/b11-4+/t12-/m1/s1. The molecule has 3 N–H and O–H groups in total. The number of nitrogens with two attached hydrogens (primary N) is 1. The minimum absolute atomic E-state index is 0.186. The Morgan fingerprint density at radius 2 is 1.76 bits per heavy atom. The second-order valence-corrected chi connectivity index (χ2v) is 4.78. The molecule has 4 heteroatoms. The lowest BCUT2D eigenvalue weighted by molar-refractivity contribution is -0.117. The molecule has 0 aromatic heterocycles. The average molecular weight is 284 g/mol. The molecule has 108 valence electrons. The third kappa shape index (κ3) is 4.45. The van der Waals surface area contributed by atoms with Gasteiger partial charge in [0.25, 0.3) is 0 Å². The molecule has 0 unspecified atom stereocenters. The molecule has 2 aromatic carbocycles. The van der Waals surface area contributed by atoms with Gasteiger partial charge in [0.05, 0.1) is 6.04 Å². The number of nitrogen functional groups attached to an aromatic ring is 1. The van der Waals surface area contributed by atoms with Crippen LogP contribution >= 0.6 is 0 Å². The molecule has 0 heterocycles. The van der Waals surface area contributed by atoms with Crippen LogP contribution in [0.5, 0.6) is 0 Å². The summed E-state index contributed by atoms with van der Waals surface area (Å²) >= 11 is 0. The van der Waals surface area contributed by atoms with E-state index in [1.807, 2.05) is 19.1 Å². The number of nitrogens with one attached hydrogen (secondary N) is 1. The molecule has 1 amide bonds. The normalized spacial score (nSPS) is 12.3. The molecule has 0 saturated carbocycles. The largest absolute Gasteiger partial charge is 0.399 e. The fourth-order valence-corrected chi connectivity index (χ4v) is 1.88. The van der Waals surface area contributed by atoms with Crippen molar-refractivity contribution < 1.29 is 9.18 Å². The Balaban J connectivity index is 1.94. The van der Waals surface area contributed by atoms with Crippen LogP contribution in [0.4, 0.5) is 10.1 Å². The van der Waals surface area contributed by atoms with Crippen molar-refractivity contribution >= 4 is 17.7 Å². The Bertz CT molecular complexity index is 633. The Hall–Kier alpha value is -2.62. The first-order valence-corrected chi connectivity index (χ1v) is 6.64. The van der Waals surface area contributed by atoms with Crippen LogP contribution in [0.15, 0.2) is 54.6 Å². The quantitative estimate of drug-likeness (QED) is 0.668. The molecular weight excluding hydrogens is 267 g/mol. The molecule has 2 rings (SSSR count). The summed E-state index contributed by atoms with van der Waals surface area (Å²) in [7, 11) is 0. The maximum atomic E-state index is 12.8. The van der Waals surface area contributed by atoms with E-state index in [9.17, 15) is 9.18 Å². The van der Waals surface area contributed by atoms with Gasteiger partial charge in [-0.3, -0.25) is 4.79 Å². The lowest BCUT2D eigenvalue weighted by Gasteiger charge is -2.12. The Labute approximate surface area is 123 Å². The summed E-state index contributed by atoms with van der Waals surface area (Å²) in [5.41, 5.74) is 8.02. The molecule has 0 aliphatic carbocycles. The van der Waals surface area contributed by atoms with Crippen LogP contribution in [0.25, 0.3) is 6.08 Å². The lowest BCUT2D eigenvalue weighted by atomic mass is 10.1. The molecule has 0 spiro atoms. The second kappa shape index (κ2) is 6.70. The minimum Gasteiger partial charge on any atom is -0.399 e. The van der Waals surface area contributed by atoms with Crippen molar-refractivity contribution in [2.45, 2.75) is 13.0 Å². The molecular formula is C17H17FN2O. The van der Waals surface area contributed by atoms with E-state index in [1.165, 1.54) is 18.2 Å². The number of amides is 1. The van der Waals surface area contributed by atoms with Crippen LogP contribution in [-0.4, -0.2) is 5.91 Å². The van der Waals surface area contributed by atoms with Gasteiger partial charge in [0.2, 0.25) is 5.91 Å². The molecule has 21 heavy (non-hydrogen) atoms. The first-order chi connectivity index (χ1) is 10.0. The summed E-state index contributed by atoms with van der Waals surface area (Å²) in [6, 6.07) is 13.1. The molecule has 3 nitrogen and oxygen atoms in total. The average Bonchev–Trinajstić information content (AvgIpc) is 2.47. The molecule has 0 fully saturated rings. The lowest BCUT2D eigenvalue weighted by Crippen LogP contribution is -2.24. The predicted octanol–water partition coefficient (Wildman–Crippen LogP) is 3.30. The number of anilines is 1. The number of hydrogen-bond donors (Lipinski definition) is 2. The maximum absolute atomic E-state index is 12.8. The van der Waals surface area contributed by atoms with Gasteiger partial charge < -0.3 is 11.1 Å². The van der Waals surface area contributed by atoms with E-state index in [0.717, 1.165) is 11.1 Å². The smallest absolute Gasteiger partial charge is 0.244 e. The van der Waals surface area contributed by atoms with Crippen molar-refractivity contribution in [3.8, 4) is 0 Å². The minimum atomic E-state index is -0.291. The van der Waals surface area contributed by atoms with Gasteiger partial charge in [0.15, 0.2) is 0 Å². The predicted molar refractivity (Wildman–Crippen MR) is 82.8 cm³/mol. The maximum Gasteiger partial charge on any atom is 0.244 e. The van der Waals surface area contributed by atoms with Gasteiger partial charge in [0, 0.05) is 11.8 Å². The number of benzene rings is 2. The van der Waals surface area contributed by atoms with Crippen LogP contribution in [-0.2, 0) is 4.79 Å². The Kier molecular flexibility index (Phi) is 4.72. The summed E-state index contributed by atoms with van der Waals surface area (Å²) in [6.07, 6.45) is 3.18. The van der Waals surface area contributed by atoms with Crippen LogP contribution in [0.2, 0.25) is 0 Å². The number of halogens is 1. The molecule has 0 aliphatic heterocycles. The van der Waals surface area contributed by atoms with Crippen molar-refractivity contribution in [3.63, 3.8) is 0 Å². The SMILES string of the molecule is C[C@@H](NC(=O)/C=C/c1ccc(N)cc1)c1ccc(F)cc1. The zero-order valence-corrected chi connectivity index (χ0v) is 11.7. The summed E-state index contributed by atoms with van der Waals surface area (Å²) < 4.78 is 12.8. The molecule has 2 aromatic rings. The molecule has 0 bridgehead atoms. The van der Waals surface area contributed by atoms with Crippen molar-refractivity contribution in [1.29, 1.82) is 0 Å². The number of hydrogen-bond acceptors (Lipinski definition) is 2. The fraction of sp³-hybridized carbons (Fsp3) is 0.118. The highest BCUT2D eigenvalue weighted by Crippen LogP contribution is 2.13. The molecule has 0 radical (unpaired) electrons. The van der Waals surface area contributed by atoms with Crippen LogP contribution in [0, 0.1) is 5.82 Å². The van der Waals surface area contributed by atoms with Crippen molar-refractivity contribution in [1.82, 2.24) is 5.32 Å². The van der Waals surface area contributed by atoms with Crippen molar-refractivity contribution in [2.75, 3.05) is 5.73 Å². The zero-order chi connectivity index (χ0) is 15.2. The van der Waals surface area contributed by atoms with Crippen LogP contribution in [0.3, 0.4) is 0 Å². The monoisotopic (exact) mass is 284 g/mol. The van der Waals surface area contributed by atoms with Gasteiger partial charge in [-0.2, -0.15) is 0 Å². The van der Waals surface area contributed by atoms with E-state index in [4.69, 9.17) is 5.73 Å². The highest BCUT2D eigenvalue weighted by Gasteiger charge is 2.07. The number of rotatable bonds is 4. The summed E-state index contributed by atoms with van der Waals surface area (Å²) in [5, 5.41) is 2.82. The highest BCUT2D eigenvalue weighted by molar-refractivity contribution is 5.92. The number of carbonyl (C=O) groups is 1. The van der Waals surface area contributed by atoms with E-state index in [-0.39, 0.29) is 17.8 Å². The van der Waals surface area contributed by atoms with Gasteiger partial charge in [0.1, 0.15) is 5.82 Å². The first-order valence-electron chi connectivity index (χ1n) is 6.64. The van der Waals surface area contributed by atoms with Crippen molar-refractivity contribution in [3.05, 3.63) is 71.6 Å². The summed E-state index contributed by atoms with van der Waals surface area (Å²) in [4.78, 5) is 11.8. The van der Waals surface area contributed by atoms with E-state index >= 15 is 0 Å². The van der Waals surface area contributed by atoms with Gasteiger partial charge in [-0.15, -0.1) is 0 Å². The third-order valence-corrected chi connectivity index (χ3v) is 3.09. The second-order valence-electron chi connectivity index (χ2n) is 4.78. The summed E-state index contributed by atoms with van der Waals surface area (Å²) in [6.45, 7) is 1.85. The van der Waals surface area contributed by atoms with E-state index in [2.05, 4.69) is 5.32 Å². The number of carbonyl (C=O) groups excluding carboxylic acids is 1. The van der Waals surface area contributed by atoms with Crippen LogP contribution in [0.1, 0.15) is 24.1 Å². The van der Waals surface area contributed by atoms with Crippen LogP contribution < -0.4 is 11.1 Å². The van der Waals surface area contributed by atoms with E-state index in [0.29, 0.717) is 5.69 Å². The van der Waals surface area contributed by atoms with E-state index in [1.54, 1.807) is 30.3 Å². The molecule has 1 atom stereocenters. The zero-order valence-electron chi connectivity index (χ0n) is 11.7. The Morgan fingerprint density at radius 1 is 1.14 bits per heavy atom. The highest BCUT2D eigenvalue weighted by atomic mass is 19.1. The van der Waals surface area contributed by atoms with Gasteiger partial charge in [-0.05, 0) is 48.4 Å². The fourth-order valence-electron chi connectivity index (χ4n) is 1.88. The van der Waals surface area contributed by atoms with E-state index < -0.39 is 0 Å². The topological polar surface area (TPSA) is 55.1 Å². The molecule has 0 saturated heterocycles. The summed E-state index contributed by atoms with van der Waals surface area (Å²) in [5.74, 6) is -0.496. The third-order valence-electron chi connectivity index (χ3n) is 3.09. The van der Waals surface area contributed by atoms with Crippen molar-refractivity contribution in [2.24, 2.45) is 0 Å². The van der Waals surface area contributed by atoms with Gasteiger partial charge in [-0.1, -0.05) is 24.3 Å². The Morgan fingerprint density at radius 3 is 2.38 bits per heavy atom.